The molecule has 0 bridgehead atoms. The Bertz CT molecular complexity index is 377. The van der Waals surface area contributed by atoms with Gasteiger partial charge in [0.15, 0.2) is 5.96 Å². The predicted octanol–water partition coefficient (Wildman–Crippen LogP) is 2.98. The van der Waals surface area contributed by atoms with Gasteiger partial charge in [0.25, 0.3) is 0 Å². The molecule has 0 aromatic heterocycles. The van der Waals surface area contributed by atoms with Gasteiger partial charge in [0.1, 0.15) is 0 Å². The van der Waals surface area contributed by atoms with Crippen molar-refractivity contribution >= 4 is 41.7 Å². The van der Waals surface area contributed by atoms with E-state index < -0.39 is 0 Å². The van der Waals surface area contributed by atoms with Crippen molar-refractivity contribution in [2.75, 3.05) is 51.8 Å². The third-order valence-electron chi connectivity index (χ3n) is 4.15. The highest BCUT2D eigenvalue weighted by Gasteiger charge is 2.28. The van der Waals surface area contributed by atoms with Gasteiger partial charge < -0.3 is 19.7 Å². The van der Waals surface area contributed by atoms with Crippen molar-refractivity contribution in [3.8, 4) is 0 Å². The molecule has 0 spiro atoms. The molecule has 5 nitrogen and oxygen atoms in total. The molecule has 0 aromatic carbocycles. The number of guanidine groups is 1. The fourth-order valence-electron chi connectivity index (χ4n) is 2.97. The van der Waals surface area contributed by atoms with Gasteiger partial charge in [-0.1, -0.05) is 0 Å². The summed E-state index contributed by atoms with van der Waals surface area (Å²) in [7, 11) is 0. The number of nitrogens with zero attached hydrogens (tertiary/aromatic N) is 2. The summed E-state index contributed by atoms with van der Waals surface area (Å²) in [5.41, 5.74) is 0. The minimum Gasteiger partial charge on any atom is -0.381 e. The molecule has 0 unspecified atom stereocenters. The van der Waals surface area contributed by atoms with Crippen molar-refractivity contribution in [1.82, 2.24) is 10.2 Å². The molecular weight excluding hydrogens is 437 g/mol. The van der Waals surface area contributed by atoms with E-state index in [1.54, 1.807) is 0 Å². The summed E-state index contributed by atoms with van der Waals surface area (Å²) in [4.78, 5) is 7.20. The van der Waals surface area contributed by atoms with Crippen LogP contribution in [0.15, 0.2) is 4.99 Å². The summed E-state index contributed by atoms with van der Waals surface area (Å²) in [5.74, 6) is 2.23. The van der Waals surface area contributed by atoms with E-state index in [4.69, 9.17) is 14.5 Å². The quantitative estimate of drug-likeness (QED) is 0.279. The zero-order valence-electron chi connectivity index (χ0n) is 15.4. The van der Waals surface area contributed by atoms with Gasteiger partial charge in [-0.3, -0.25) is 4.99 Å². The van der Waals surface area contributed by atoms with Crippen LogP contribution < -0.4 is 5.32 Å². The van der Waals surface area contributed by atoms with Crippen molar-refractivity contribution in [3.63, 3.8) is 0 Å². The topological polar surface area (TPSA) is 46.1 Å². The maximum absolute atomic E-state index is 5.92. The molecule has 1 N–H and O–H groups in total. The van der Waals surface area contributed by atoms with Crippen LogP contribution in [0, 0.1) is 0 Å². The van der Waals surface area contributed by atoms with Crippen LogP contribution in [0.3, 0.4) is 0 Å². The minimum absolute atomic E-state index is 0. The summed E-state index contributed by atoms with van der Waals surface area (Å²) in [5, 5.41) is 3.44. The standard InChI is InChI=1S/C17H33N3O2S.HI/c1-4-18-16(20-9-13-23-17(2,3)14-20)19-8-5-10-22-15-6-11-21-12-7-15;/h15H,4-14H2,1-3H3,(H,18,19);1H. The summed E-state index contributed by atoms with van der Waals surface area (Å²) >= 11 is 2.05. The second-order valence-electron chi connectivity index (χ2n) is 6.80. The molecule has 2 fully saturated rings. The Labute approximate surface area is 168 Å². The van der Waals surface area contributed by atoms with Gasteiger partial charge >= 0.3 is 0 Å². The van der Waals surface area contributed by atoms with Gasteiger partial charge in [0.2, 0.25) is 0 Å². The number of hydrogen-bond donors (Lipinski definition) is 1. The third kappa shape index (κ3) is 8.10. The van der Waals surface area contributed by atoms with Crippen LogP contribution >= 0.6 is 35.7 Å². The first-order valence-electron chi connectivity index (χ1n) is 8.97. The number of ether oxygens (including phenoxy) is 2. The molecule has 0 aliphatic carbocycles. The van der Waals surface area contributed by atoms with E-state index in [-0.39, 0.29) is 24.0 Å². The molecule has 0 amide bonds. The lowest BCUT2D eigenvalue weighted by atomic mass is 10.1. The Morgan fingerprint density at radius 3 is 2.79 bits per heavy atom. The Morgan fingerprint density at radius 2 is 2.12 bits per heavy atom. The molecule has 2 aliphatic heterocycles. The van der Waals surface area contributed by atoms with Crippen LogP contribution in [0.2, 0.25) is 0 Å². The van der Waals surface area contributed by atoms with Crippen LogP contribution in [-0.2, 0) is 9.47 Å². The van der Waals surface area contributed by atoms with Crippen molar-refractivity contribution in [2.24, 2.45) is 4.99 Å². The van der Waals surface area contributed by atoms with Crippen LogP contribution in [0.25, 0.3) is 0 Å². The van der Waals surface area contributed by atoms with E-state index in [2.05, 4.69) is 42.7 Å². The highest BCUT2D eigenvalue weighted by Crippen LogP contribution is 2.29. The first-order valence-corrected chi connectivity index (χ1v) is 9.96. The fraction of sp³-hybridized carbons (Fsp3) is 0.941. The summed E-state index contributed by atoms with van der Waals surface area (Å²) in [6.07, 6.45) is 3.44. The Kier molecular flexibility index (Phi) is 11.0. The van der Waals surface area contributed by atoms with Crippen LogP contribution in [0.1, 0.15) is 40.0 Å². The van der Waals surface area contributed by atoms with Gasteiger partial charge in [0.05, 0.1) is 6.10 Å². The Balaban J connectivity index is 0.00000288. The molecule has 24 heavy (non-hydrogen) atoms. The molecule has 2 saturated heterocycles. The molecule has 0 saturated carbocycles. The maximum atomic E-state index is 5.92. The van der Waals surface area contributed by atoms with Crippen molar-refractivity contribution in [1.29, 1.82) is 0 Å². The van der Waals surface area contributed by atoms with Crippen molar-refractivity contribution < 1.29 is 9.47 Å². The summed E-state index contributed by atoms with van der Waals surface area (Å²) in [6, 6.07) is 0. The van der Waals surface area contributed by atoms with Crippen LogP contribution in [-0.4, -0.2) is 73.5 Å². The molecule has 2 heterocycles. The number of aliphatic imine (C=N–C) groups is 1. The summed E-state index contributed by atoms with van der Waals surface area (Å²) < 4.78 is 11.6. The molecule has 0 radical (unpaired) electrons. The minimum atomic E-state index is 0. The second kappa shape index (κ2) is 11.8. The average molecular weight is 471 g/mol. The van der Waals surface area contributed by atoms with Crippen molar-refractivity contribution in [3.05, 3.63) is 0 Å². The highest BCUT2D eigenvalue weighted by molar-refractivity contribution is 14.0. The van der Waals surface area contributed by atoms with E-state index >= 15 is 0 Å². The summed E-state index contributed by atoms with van der Waals surface area (Å²) in [6.45, 7) is 13.1. The zero-order valence-corrected chi connectivity index (χ0v) is 18.5. The smallest absolute Gasteiger partial charge is 0.193 e. The van der Waals surface area contributed by atoms with Gasteiger partial charge in [-0.25, -0.2) is 0 Å². The van der Waals surface area contributed by atoms with E-state index in [9.17, 15) is 0 Å². The number of halogens is 1. The van der Waals surface area contributed by atoms with E-state index in [1.807, 2.05) is 0 Å². The maximum Gasteiger partial charge on any atom is 0.193 e. The van der Waals surface area contributed by atoms with Gasteiger partial charge in [-0.15, -0.1) is 24.0 Å². The van der Waals surface area contributed by atoms with Gasteiger partial charge in [-0.05, 0) is 40.0 Å². The monoisotopic (exact) mass is 471 g/mol. The number of thioether (sulfide) groups is 1. The average Bonchev–Trinajstić information content (AvgIpc) is 2.53. The first kappa shape index (κ1) is 22.3. The van der Waals surface area contributed by atoms with Crippen LogP contribution in [0.4, 0.5) is 0 Å². The molecular formula is C17H34IN3O2S. The highest BCUT2D eigenvalue weighted by atomic mass is 127. The lowest BCUT2D eigenvalue weighted by Crippen LogP contribution is -2.51. The fourth-order valence-corrected chi connectivity index (χ4v) is 4.08. The van der Waals surface area contributed by atoms with E-state index in [1.165, 1.54) is 5.75 Å². The first-order chi connectivity index (χ1) is 11.1. The molecule has 2 aliphatic rings. The predicted molar refractivity (Wildman–Crippen MR) is 114 cm³/mol. The van der Waals surface area contributed by atoms with Gasteiger partial charge in [-0.2, -0.15) is 11.8 Å². The molecule has 7 heteroatoms. The zero-order chi connectivity index (χ0) is 16.5. The number of rotatable bonds is 6. The third-order valence-corrected chi connectivity index (χ3v) is 5.44. The van der Waals surface area contributed by atoms with Gasteiger partial charge in [0, 0.05) is 56.5 Å². The van der Waals surface area contributed by atoms with E-state index in [0.717, 1.165) is 71.2 Å². The largest absolute Gasteiger partial charge is 0.381 e. The normalized spacial score (nSPS) is 22.1. The van der Waals surface area contributed by atoms with Crippen LogP contribution in [0.5, 0.6) is 0 Å². The molecule has 0 atom stereocenters. The lowest BCUT2D eigenvalue weighted by Gasteiger charge is -2.39. The number of hydrogen-bond acceptors (Lipinski definition) is 4. The Morgan fingerprint density at radius 1 is 1.38 bits per heavy atom. The lowest BCUT2D eigenvalue weighted by molar-refractivity contribution is -0.0318. The number of nitrogens with one attached hydrogen (secondary N) is 1. The second-order valence-corrected chi connectivity index (χ2v) is 8.60. The molecule has 0 aromatic rings. The molecule has 2 rings (SSSR count). The SMILES string of the molecule is CCNC(=NCCCOC1CCOCC1)N1CCSC(C)(C)C1.I. The molecule has 142 valence electrons. The van der Waals surface area contributed by atoms with E-state index in [0.29, 0.717) is 10.9 Å². The Hall–Kier alpha value is 0.270. The van der Waals surface area contributed by atoms with Crippen molar-refractivity contribution in [2.45, 2.75) is 50.9 Å².